The standard InChI is InChI=1S/C12H18N2O/c1-4-7-12(2,3)11(15)14-10-6-5-8-13-9-10/h5-6,8-9H,4,7H2,1-3H3,(H,14,15). The van der Waals surface area contributed by atoms with Crippen LogP contribution >= 0.6 is 0 Å². The summed E-state index contributed by atoms with van der Waals surface area (Å²) in [6, 6.07) is 3.65. The molecule has 0 spiro atoms. The highest BCUT2D eigenvalue weighted by Gasteiger charge is 2.26. The zero-order valence-electron chi connectivity index (χ0n) is 9.58. The molecule has 0 saturated heterocycles. The van der Waals surface area contributed by atoms with Crippen LogP contribution < -0.4 is 5.32 Å². The molecule has 0 radical (unpaired) electrons. The van der Waals surface area contributed by atoms with Crippen LogP contribution in [-0.4, -0.2) is 10.9 Å². The van der Waals surface area contributed by atoms with E-state index in [9.17, 15) is 4.79 Å². The van der Waals surface area contributed by atoms with Gasteiger partial charge in [0, 0.05) is 11.6 Å². The predicted octanol–water partition coefficient (Wildman–Crippen LogP) is 2.85. The number of nitrogens with zero attached hydrogens (tertiary/aromatic N) is 1. The Morgan fingerprint density at radius 3 is 2.80 bits per heavy atom. The van der Waals surface area contributed by atoms with E-state index >= 15 is 0 Å². The van der Waals surface area contributed by atoms with E-state index in [1.165, 1.54) is 0 Å². The Kier molecular flexibility index (Phi) is 3.83. The van der Waals surface area contributed by atoms with Gasteiger partial charge in [-0.3, -0.25) is 9.78 Å². The van der Waals surface area contributed by atoms with Crippen molar-refractivity contribution in [2.75, 3.05) is 5.32 Å². The molecule has 0 aliphatic heterocycles. The van der Waals surface area contributed by atoms with E-state index in [0.29, 0.717) is 0 Å². The Morgan fingerprint density at radius 1 is 1.53 bits per heavy atom. The molecule has 82 valence electrons. The first-order valence-corrected chi connectivity index (χ1v) is 5.28. The largest absolute Gasteiger partial charge is 0.324 e. The highest BCUT2D eigenvalue weighted by Crippen LogP contribution is 2.24. The van der Waals surface area contributed by atoms with Crippen LogP contribution in [0.25, 0.3) is 0 Å². The minimum atomic E-state index is -0.315. The van der Waals surface area contributed by atoms with Gasteiger partial charge in [-0.25, -0.2) is 0 Å². The molecule has 3 heteroatoms. The lowest BCUT2D eigenvalue weighted by atomic mass is 9.87. The number of amides is 1. The average molecular weight is 206 g/mol. The molecule has 0 aromatic carbocycles. The van der Waals surface area contributed by atoms with Gasteiger partial charge in [0.2, 0.25) is 5.91 Å². The van der Waals surface area contributed by atoms with Gasteiger partial charge in [-0.15, -0.1) is 0 Å². The highest BCUT2D eigenvalue weighted by atomic mass is 16.2. The monoisotopic (exact) mass is 206 g/mol. The third kappa shape index (κ3) is 3.35. The molecule has 0 saturated carbocycles. The second-order valence-corrected chi connectivity index (χ2v) is 4.33. The fraction of sp³-hybridized carbons (Fsp3) is 0.500. The van der Waals surface area contributed by atoms with Crippen LogP contribution in [0.2, 0.25) is 0 Å². The first-order valence-electron chi connectivity index (χ1n) is 5.28. The lowest BCUT2D eigenvalue weighted by Gasteiger charge is -2.22. The molecule has 15 heavy (non-hydrogen) atoms. The molecule has 0 fully saturated rings. The number of aromatic nitrogens is 1. The van der Waals surface area contributed by atoms with Gasteiger partial charge in [-0.2, -0.15) is 0 Å². The van der Waals surface area contributed by atoms with Gasteiger partial charge in [0.15, 0.2) is 0 Å². The van der Waals surface area contributed by atoms with E-state index in [0.717, 1.165) is 18.5 Å². The lowest BCUT2D eigenvalue weighted by molar-refractivity contribution is -0.124. The molecule has 3 nitrogen and oxygen atoms in total. The van der Waals surface area contributed by atoms with Crippen LogP contribution in [-0.2, 0) is 4.79 Å². The van der Waals surface area contributed by atoms with Gasteiger partial charge < -0.3 is 5.32 Å². The molecule has 0 atom stereocenters. The molecule has 0 unspecified atom stereocenters. The number of anilines is 1. The molecular formula is C12H18N2O. The number of hydrogen-bond acceptors (Lipinski definition) is 2. The summed E-state index contributed by atoms with van der Waals surface area (Å²) in [6.07, 6.45) is 5.24. The molecule has 0 bridgehead atoms. The zero-order chi connectivity index (χ0) is 11.3. The normalized spacial score (nSPS) is 11.1. The van der Waals surface area contributed by atoms with Crippen molar-refractivity contribution in [1.29, 1.82) is 0 Å². The number of nitrogens with one attached hydrogen (secondary N) is 1. The number of rotatable bonds is 4. The fourth-order valence-electron chi connectivity index (χ4n) is 1.48. The van der Waals surface area contributed by atoms with E-state index in [4.69, 9.17) is 0 Å². The summed E-state index contributed by atoms with van der Waals surface area (Å²) in [6.45, 7) is 6.00. The first-order chi connectivity index (χ1) is 7.06. The third-order valence-electron chi connectivity index (χ3n) is 2.41. The number of hydrogen-bond donors (Lipinski definition) is 1. The molecule has 1 aromatic rings. The van der Waals surface area contributed by atoms with Crippen LogP contribution in [0.3, 0.4) is 0 Å². The van der Waals surface area contributed by atoms with Crippen molar-refractivity contribution in [2.45, 2.75) is 33.6 Å². The number of carbonyl (C=O) groups is 1. The molecule has 0 aliphatic rings. The molecule has 0 aliphatic carbocycles. The maximum Gasteiger partial charge on any atom is 0.230 e. The molecule has 1 N–H and O–H groups in total. The lowest BCUT2D eigenvalue weighted by Crippen LogP contribution is -2.30. The van der Waals surface area contributed by atoms with Crippen molar-refractivity contribution in [3.63, 3.8) is 0 Å². The molecule has 1 amide bonds. The van der Waals surface area contributed by atoms with Crippen molar-refractivity contribution in [3.05, 3.63) is 24.5 Å². The quantitative estimate of drug-likeness (QED) is 0.823. The fourth-order valence-corrected chi connectivity index (χ4v) is 1.48. The topological polar surface area (TPSA) is 42.0 Å². The van der Waals surface area contributed by atoms with Crippen LogP contribution in [0.1, 0.15) is 33.6 Å². The van der Waals surface area contributed by atoms with E-state index in [1.54, 1.807) is 12.4 Å². The van der Waals surface area contributed by atoms with E-state index in [-0.39, 0.29) is 11.3 Å². The third-order valence-corrected chi connectivity index (χ3v) is 2.41. The maximum atomic E-state index is 11.9. The van der Waals surface area contributed by atoms with Gasteiger partial charge in [0.05, 0.1) is 11.9 Å². The van der Waals surface area contributed by atoms with Crippen molar-refractivity contribution in [3.8, 4) is 0 Å². The Balaban J connectivity index is 2.63. The molecular weight excluding hydrogens is 188 g/mol. The van der Waals surface area contributed by atoms with Crippen LogP contribution in [0.4, 0.5) is 5.69 Å². The van der Waals surface area contributed by atoms with Crippen molar-refractivity contribution >= 4 is 11.6 Å². The Bertz CT molecular complexity index is 320. The maximum absolute atomic E-state index is 11.9. The second kappa shape index (κ2) is 4.91. The van der Waals surface area contributed by atoms with Gasteiger partial charge in [-0.05, 0) is 18.6 Å². The molecule has 1 rings (SSSR count). The van der Waals surface area contributed by atoms with Crippen LogP contribution in [0, 0.1) is 5.41 Å². The van der Waals surface area contributed by atoms with Gasteiger partial charge in [0.1, 0.15) is 0 Å². The van der Waals surface area contributed by atoms with E-state index in [2.05, 4.69) is 17.2 Å². The summed E-state index contributed by atoms with van der Waals surface area (Å²) in [7, 11) is 0. The summed E-state index contributed by atoms with van der Waals surface area (Å²) in [5.74, 6) is 0.0531. The van der Waals surface area contributed by atoms with E-state index in [1.807, 2.05) is 26.0 Å². The SMILES string of the molecule is CCCC(C)(C)C(=O)Nc1cccnc1. The molecule has 1 aromatic heterocycles. The zero-order valence-corrected chi connectivity index (χ0v) is 9.58. The van der Waals surface area contributed by atoms with E-state index < -0.39 is 0 Å². The van der Waals surface area contributed by atoms with Gasteiger partial charge >= 0.3 is 0 Å². The van der Waals surface area contributed by atoms with Crippen LogP contribution in [0.15, 0.2) is 24.5 Å². The van der Waals surface area contributed by atoms with Gasteiger partial charge in [-0.1, -0.05) is 27.2 Å². The predicted molar refractivity (Wildman–Crippen MR) is 61.6 cm³/mol. The summed E-state index contributed by atoms with van der Waals surface area (Å²) in [4.78, 5) is 15.8. The summed E-state index contributed by atoms with van der Waals surface area (Å²) < 4.78 is 0. The van der Waals surface area contributed by atoms with Crippen LogP contribution in [0.5, 0.6) is 0 Å². The Morgan fingerprint density at radius 2 is 2.27 bits per heavy atom. The summed E-state index contributed by atoms with van der Waals surface area (Å²) in [5.41, 5.74) is 0.441. The van der Waals surface area contributed by atoms with Crippen molar-refractivity contribution in [2.24, 2.45) is 5.41 Å². The average Bonchev–Trinajstić information content (AvgIpc) is 2.19. The highest BCUT2D eigenvalue weighted by molar-refractivity contribution is 5.94. The Labute approximate surface area is 90.9 Å². The first kappa shape index (κ1) is 11.7. The Hall–Kier alpha value is -1.38. The number of pyridine rings is 1. The molecule has 1 heterocycles. The summed E-state index contributed by atoms with van der Waals surface area (Å²) in [5, 5.41) is 2.87. The minimum Gasteiger partial charge on any atom is -0.324 e. The van der Waals surface area contributed by atoms with Crippen molar-refractivity contribution < 1.29 is 4.79 Å². The minimum absolute atomic E-state index is 0.0531. The second-order valence-electron chi connectivity index (χ2n) is 4.33. The smallest absolute Gasteiger partial charge is 0.230 e. The van der Waals surface area contributed by atoms with Gasteiger partial charge in [0.25, 0.3) is 0 Å². The van der Waals surface area contributed by atoms with Crippen molar-refractivity contribution in [1.82, 2.24) is 4.98 Å². The number of carbonyl (C=O) groups excluding carboxylic acids is 1. The summed E-state index contributed by atoms with van der Waals surface area (Å²) >= 11 is 0.